The Morgan fingerprint density at radius 3 is 2.28 bits per heavy atom. The summed E-state index contributed by atoms with van der Waals surface area (Å²) in [6.45, 7) is 1.54. The van der Waals surface area contributed by atoms with Gasteiger partial charge < -0.3 is 5.32 Å². The zero-order valence-corrected chi connectivity index (χ0v) is 11.5. The topological polar surface area (TPSA) is 12.0 Å². The van der Waals surface area contributed by atoms with Crippen LogP contribution in [0.5, 0.6) is 0 Å². The lowest BCUT2D eigenvalue weighted by Gasteiger charge is -2.11. The monoisotopic (exact) mass is 279 g/mol. The smallest absolute Gasteiger partial charge is 0.0709 e. The van der Waals surface area contributed by atoms with E-state index in [-0.39, 0.29) is 5.38 Å². The van der Waals surface area contributed by atoms with Crippen LogP contribution in [-0.4, -0.2) is 6.54 Å². The van der Waals surface area contributed by atoms with Gasteiger partial charge in [-0.3, -0.25) is 0 Å². The van der Waals surface area contributed by atoms with Gasteiger partial charge in [-0.25, -0.2) is 0 Å². The van der Waals surface area contributed by atoms with Gasteiger partial charge in [-0.1, -0.05) is 54.1 Å². The van der Waals surface area contributed by atoms with E-state index in [9.17, 15) is 0 Å². The first kappa shape index (κ1) is 13.4. The molecule has 0 saturated heterocycles. The second-order valence-electron chi connectivity index (χ2n) is 4.14. The molecule has 0 aromatic heterocycles. The van der Waals surface area contributed by atoms with E-state index in [2.05, 4.69) is 5.32 Å². The Kier molecular flexibility index (Phi) is 5.06. The van der Waals surface area contributed by atoms with E-state index in [0.29, 0.717) is 0 Å². The normalized spacial score (nSPS) is 12.3. The molecule has 0 saturated carbocycles. The number of rotatable bonds is 5. The standard InChI is InChI=1S/C15H15Cl2N/c16-14-8-6-12(7-9-14)10-18-11-15(17)13-4-2-1-3-5-13/h1-9,15,18H,10-11H2. The minimum atomic E-state index is -0.00139. The van der Waals surface area contributed by atoms with Crippen molar-refractivity contribution in [3.05, 3.63) is 70.7 Å². The van der Waals surface area contributed by atoms with Gasteiger partial charge >= 0.3 is 0 Å². The largest absolute Gasteiger partial charge is 0.311 e. The van der Waals surface area contributed by atoms with Crippen LogP contribution in [0.3, 0.4) is 0 Å². The van der Waals surface area contributed by atoms with Gasteiger partial charge in [0.15, 0.2) is 0 Å². The Bertz CT molecular complexity index is 468. The first-order valence-electron chi connectivity index (χ1n) is 5.90. The lowest BCUT2D eigenvalue weighted by atomic mass is 10.1. The van der Waals surface area contributed by atoms with Gasteiger partial charge in [-0.2, -0.15) is 0 Å². The molecule has 18 heavy (non-hydrogen) atoms. The summed E-state index contributed by atoms with van der Waals surface area (Å²) in [5, 5.41) is 4.11. The number of nitrogens with one attached hydrogen (secondary N) is 1. The highest BCUT2D eigenvalue weighted by atomic mass is 35.5. The van der Waals surface area contributed by atoms with Crippen LogP contribution in [0, 0.1) is 0 Å². The maximum absolute atomic E-state index is 6.31. The number of benzene rings is 2. The summed E-state index contributed by atoms with van der Waals surface area (Å²) in [7, 11) is 0. The molecule has 0 aliphatic heterocycles. The van der Waals surface area contributed by atoms with Crippen LogP contribution >= 0.6 is 23.2 Å². The van der Waals surface area contributed by atoms with E-state index >= 15 is 0 Å². The van der Waals surface area contributed by atoms with Gasteiger partial charge in [0.25, 0.3) is 0 Å². The van der Waals surface area contributed by atoms with E-state index < -0.39 is 0 Å². The number of halogens is 2. The van der Waals surface area contributed by atoms with E-state index in [0.717, 1.165) is 23.7 Å². The molecule has 2 rings (SSSR count). The van der Waals surface area contributed by atoms with Gasteiger partial charge in [0, 0.05) is 18.1 Å². The van der Waals surface area contributed by atoms with Crippen molar-refractivity contribution in [2.45, 2.75) is 11.9 Å². The number of hydrogen-bond acceptors (Lipinski definition) is 1. The molecule has 0 radical (unpaired) electrons. The summed E-state index contributed by atoms with van der Waals surface area (Å²) in [5.74, 6) is 0. The van der Waals surface area contributed by atoms with Crippen molar-refractivity contribution in [2.75, 3.05) is 6.54 Å². The summed E-state index contributed by atoms with van der Waals surface area (Å²) in [5.41, 5.74) is 2.35. The molecule has 1 atom stereocenters. The molecular weight excluding hydrogens is 265 g/mol. The van der Waals surface area contributed by atoms with Crippen molar-refractivity contribution >= 4 is 23.2 Å². The van der Waals surface area contributed by atoms with Crippen LogP contribution in [0.25, 0.3) is 0 Å². The third-order valence-electron chi connectivity index (χ3n) is 2.73. The Hall–Kier alpha value is -1.02. The van der Waals surface area contributed by atoms with Gasteiger partial charge in [-0.05, 0) is 23.3 Å². The zero-order chi connectivity index (χ0) is 12.8. The highest BCUT2D eigenvalue weighted by Crippen LogP contribution is 2.18. The Labute approximate surface area is 118 Å². The average molecular weight is 280 g/mol. The third-order valence-corrected chi connectivity index (χ3v) is 3.39. The second-order valence-corrected chi connectivity index (χ2v) is 5.10. The highest BCUT2D eigenvalue weighted by Gasteiger charge is 2.06. The van der Waals surface area contributed by atoms with Gasteiger partial charge in [0.05, 0.1) is 5.38 Å². The second kappa shape index (κ2) is 6.79. The van der Waals surface area contributed by atoms with Crippen LogP contribution < -0.4 is 5.32 Å². The fourth-order valence-electron chi connectivity index (χ4n) is 1.73. The lowest BCUT2D eigenvalue weighted by Crippen LogP contribution is -2.18. The summed E-state index contributed by atoms with van der Waals surface area (Å²) < 4.78 is 0. The van der Waals surface area contributed by atoms with E-state index in [1.54, 1.807) is 0 Å². The summed E-state index contributed by atoms with van der Waals surface area (Å²) in [6.07, 6.45) is 0. The van der Waals surface area contributed by atoms with Crippen molar-refractivity contribution in [1.29, 1.82) is 0 Å². The molecule has 0 fully saturated rings. The molecule has 0 spiro atoms. The Balaban J connectivity index is 1.80. The predicted molar refractivity (Wildman–Crippen MR) is 78.2 cm³/mol. The third kappa shape index (κ3) is 4.02. The molecular formula is C15H15Cl2N. The fraction of sp³-hybridized carbons (Fsp3) is 0.200. The van der Waals surface area contributed by atoms with E-state index in [1.807, 2.05) is 54.6 Å². The molecule has 2 aromatic carbocycles. The quantitative estimate of drug-likeness (QED) is 0.800. The van der Waals surface area contributed by atoms with Crippen LogP contribution in [0.4, 0.5) is 0 Å². The van der Waals surface area contributed by atoms with Crippen molar-refractivity contribution in [3.8, 4) is 0 Å². The molecule has 94 valence electrons. The molecule has 1 unspecified atom stereocenters. The van der Waals surface area contributed by atoms with Crippen molar-refractivity contribution in [2.24, 2.45) is 0 Å². The van der Waals surface area contributed by atoms with Gasteiger partial charge in [-0.15, -0.1) is 11.6 Å². The summed E-state index contributed by atoms with van der Waals surface area (Å²) in [6, 6.07) is 17.9. The fourth-order valence-corrected chi connectivity index (χ4v) is 2.11. The predicted octanol–water partition coefficient (Wildman–Crippen LogP) is 4.41. The molecule has 0 bridgehead atoms. The molecule has 0 aliphatic rings. The summed E-state index contributed by atoms with van der Waals surface area (Å²) >= 11 is 12.1. The lowest BCUT2D eigenvalue weighted by molar-refractivity contribution is 0.674. The molecule has 2 aromatic rings. The molecule has 0 amide bonds. The Morgan fingerprint density at radius 2 is 1.61 bits per heavy atom. The minimum Gasteiger partial charge on any atom is -0.311 e. The number of hydrogen-bond donors (Lipinski definition) is 1. The van der Waals surface area contributed by atoms with Crippen LogP contribution in [-0.2, 0) is 6.54 Å². The maximum atomic E-state index is 6.31. The summed E-state index contributed by atoms with van der Waals surface area (Å²) in [4.78, 5) is 0. The first-order chi connectivity index (χ1) is 8.75. The number of alkyl halides is 1. The van der Waals surface area contributed by atoms with E-state index in [4.69, 9.17) is 23.2 Å². The van der Waals surface area contributed by atoms with Crippen molar-refractivity contribution < 1.29 is 0 Å². The van der Waals surface area contributed by atoms with Gasteiger partial charge in [0.1, 0.15) is 0 Å². The average Bonchev–Trinajstić information content (AvgIpc) is 2.42. The SMILES string of the molecule is Clc1ccc(CNCC(Cl)c2ccccc2)cc1. The first-order valence-corrected chi connectivity index (χ1v) is 6.71. The van der Waals surface area contributed by atoms with Gasteiger partial charge in [0.2, 0.25) is 0 Å². The van der Waals surface area contributed by atoms with Crippen LogP contribution in [0.2, 0.25) is 5.02 Å². The molecule has 3 heteroatoms. The molecule has 1 nitrogen and oxygen atoms in total. The molecule has 0 heterocycles. The van der Waals surface area contributed by atoms with Crippen molar-refractivity contribution in [1.82, 2.24) is 5.32 Å². The molecule has 1 N–H and O–H groups in total. The highest BCUT2D eigenvalue weighted by molar-refractivity contribution is 6.30. The maximum Gasteiger partial charge on any atom is 0.0709 e. The van der Waals surface area contributed by atoms with E-state index in [1.165, 1.54) is 5.56 Å². The van der Waals surface area contributed by atoms with Crippen LogP contribution in [0.15, 0.2) is 54.6 Å². The minimum absolute atomic E-state index is 0.00139. The molecule has 0 aliphatic carbocycles. The Morgan fingerprint density at radius 1 is 0.944 bits per heavy atom. The van der Waals surface area contributed by atoms with Crippen molar-refractivity contribution in [3.63, 3.8) is 0 Å². The zero-order valence-electron chi connectivity index (χ0n) is 9.94. The van der Waals surface area contributed by atoms with Crippen LogP contribution in [0.1, 0.15) is 16.5 Å².